The number of carbonyl (C=O) groups excluding carboxylic acids is 2. The zero-order valence-corrected chi connectivity index (χ0v) is 17.4. The van der Waals surface area contributed by atoms with E-state index in [1.54, 1.807) is 29.2 Å². The Balaban J connectivity index is 1.69. The maximum atomic E-state index is 12.9. The van der Waals surface area contributed by atoms with E-state index in [0.29, 0.717) is 36.2 Å². The van der Waals surface area contributed by atoms with Crippen LogP contribution in [0.5, 0.6) is 5.75 Å². The third kappa shape index (κ3) is 5.73. The van der Waals surface area contributed by atoms with Gasteiger partial charge in [0.2, 0.25) is 11.7 Å². The van der Waals surface area contributed by atoms with Gasteiger partial charge in [0.1, 0.15) is 11.9 Å². The number of hydrogen-bond acceptors (Lipinski definition) is 5. The number of amides is 2. The monoisotopic (exact) mass is 419 g/mol. The van der Waals surface area contributed by atoms with E-state index in [2.05, 4.69) is 19.0 Å². The summed E-state index contributed by atoms with van der Waals surface area (Å²) in [5, 5.41) is 4.56. The van der Waals surface area contributed by atoms with E-state index in [0.717, 1.165) is 12.1 Å². The smallest absolute Gasteiger partial charge is 0.292 e. The van der Waals surface area contributed by atoms with Gasteiger partial charge in [0.15, 0.2) is 0 Å². The molecule has 1 aromatic carbocycles. The van der Waals surface area contributed by atoms with Crippen molar-refractivity contribution in [2.24, 2.45) is 17.6 Å². The molecule has 0 spiro atoms. The molecule has 7 nitrogen and oxygen atoms in total. The van der Waals surface area contributed by atoms with Crippen LogP contribution >= 0.6 is 11.6 Å². The molecular weight excluding hydrogens is 394 g/mol. The van der Waals surface area contributed by atoms with Gasteiger partial charge in [-0.3, -0.25) is 9.59 Å². The molecule has 2 aromatic rings. The third-order valence-electron chi connectivity index (χ3n) is 4.89. The molecule has 1 saturated heterocycles. The van der Waals surface area contributed by atoms with Crippen molar-refractivity contribution >= 4 is 23.4 Å². The van der Waals surface area contributed by atoms with Crippen LogP contribution in [0.25, 0.3) is 0 Å². The Morgan fingerprint density at radius 1 is 1.38 bits per heavy atom. The summed E-state index contributed by atoms with van der Waals surface area (Å²) in [4.78, 5) is 26.1. The zero-order chi connectivity index (χ0) is 21.0. The molecule has 2 N–H and O–H groups in total. The molecule has 1 fully saturated rings. The van der Waals surface area contributed by atoms with Gasteiger partial charge in [-0.1, -0.05) is 36.7 Å². The lowest BCUT2D eigenvalue weighted by atomic mass is 9.91. The summed E-state index contributed by atoms with van der Waals surface area (Å²) in [6.07, 6.45) is 1.21. The molecule has 1 aliphatic rings. The average molecular weight is 420 g/mol. The van der Waals surface area contributed by atoms with Crippen molar-refractivity contribution in [1.82, 2.24) is 10.1 Å². The van der Waals surface area contributed by atoms with Crippen LogP contribution in [0.2, 0.25) is 5.02 Å². The Kier molecular flexibility index (Phi) is 6.79. The molecule has 2 amide bonds. The lowest BCUT2D eigenvalue weighted by molar-refractivity contribution is -0.120. The minimum Gasteiger partial charge on any atom is -0.490 e. The van der Waals surface area contributed by atoms with Crippen molar-refractivity contribution in [3.63, 3.8) is 0 Å². The number of likely N-dealkylation sites (tertiary alicyclic amines) is 1. The van der Waals surface area contributed by atoms with E-state index in [1.807, 2.05) is 6.07 Å². The summed E-state index contributed by atoms with van der Waals surface area (Å²) in [5.41, 5.74) is 6.20. The lowest BCUT2D eigenvalue weighted by Crippen LogP contribution is -2.49. The largest absolute Gasteiger partial charge is 0.490 e. The van der Waals surface area contributed by atoms with Crippen molar-refractivity contribution < 1.29 is 18.8 Å². The minimum absolute atomic E-state index is 0.129. The van der Waals surface area contributed by atoms with E-state index >= 15 is 0 Å². The molecule has 8 heteroatoms. The fraction of sp³-hybridized carbons (Fsp3) is 0.476. The molecule has 156 valence electrons. The molecule has 2 heterocycles. The van der Waals surface area contributed by atoms with Crippen molar-refractivity contribution in [3.8, 4) is 5.75 Å². The van der Waals surface area contributed by atoms with Crippen LogP contribution < -0.4 is 10.5 Å². The maximum Gasteiger partial charge on any atom is 0.292 e. The highest BCUT2D eigenvalue weighted by atomic mass is 35.5. The summed E-state index contributed by atoms with van der Waals surface area (Å²) in [6.45, 7) is 5.00. The minimum atomic E-state index is -0.428. The number of rotatable bonds is 7. The molecule has 2 atom stereocenters. The number of hydrogen-bond donors (Lipinski definition) is 1. The highest BCUT2D eigenvalue weighted by Crippen LogP contribution is 2.28. The van der Waals surface area contributed by atoms with Gasteiger partial charge in [0.05, 0.1) is 5.69 Å². The van der Waals surface area contributed by atoms with Crippen molar-refractivity contribution in [2.45, 2.75) is 39.2 Å². The van der Waals surface area contributed by atoms with E-state index in [-0.39, 0.29) is 30.1 Å². The number of ether oxygens (including phenoxy) is 1. The zero-order valence-electron chi connectivity index (χ0n) is 16.6. The number of primary amides is 1. The third-order valence-corrected chi connectivity index (χ3v) is 5.12. The van der Waals surface area contributed by atoms with Gasteiger partial charge in [-0.15, -0.1) is 0 Å². The van der Waals surface area contributed by atoms with Crippen LogP contribution in [-0.2, 0) is 11.2 Å². The number of nitrogens with two attached hydrogens (primary N) is 1. The predicted octanol–water partition coefficient (Wildman–Crippen LogP) is 3.31. The van der Waals surface area contributed by atoms with E-state index < -0.39 is 5.91 Å². The van der Waals surface area contributed by atoms with Gasteiger partial charge >= 0.3 is 0 Å². The maximum absolute atomic E-state index is 12.9. The van der Waals surface area contributed by atoms with Crippen LogP contribution in [0.15, 0.2) is 34.9 Å². The van der Waals surface area contributed by atoms with E-state index in [1.165, 1.54) is 0 Å². The molecule has 1 aromatic heterocycles. The SMILES string of the molecule is CC(C)Cc1cc(C(=O)N2CC[C@H](Oc3cccc(Cl)c3)[C@@H](CC(N)=O)C2)on1. The normalized spacial score (nSPS) is 19.4. The van der Waals surface area contributed by atoms with Gasteiger partial charge in [0.25, 0.3) is 5.91 Å². The van der Waals surface area contributed by atoms with Gasteiger partial charge in [0, 0.05) is 42.9 Å². The Labute approximate surface area is 175 Å². The topological polar surface area (TPSA) is 98.7 Å². The fourth-order valence-corrected chi connectivity index (χ4v) is 3.78. The second-order valence-corrected chi connectivity index (χ2v) is 8.30. The summed E-state index contributed by atoms with van der Waals surface area (Å²) in [7, 11) is 0. The van der Waals surface area contributed by atoms with Crippen molar-refractivity contribution in [3.05, 3.63) is 46.8 Å². The highest BCUT2D eigenvalue weighted by Gasteiger charge is 2.35. The lowest BCUT2D eigenvalue weighted by Gasteiger charge is -2.37. The Morgan fingerprint density at radius 2 is 2.17 bits per heavy atom. The van der Waals surface area contributed by atoms with Crippen LogP contribution in [0.4, 0.5) is 0 Å². The Bertz CT molecular complexity index is 867. The molecule has 0 bridgehead atoms. The number of benzene rings is 1. The first-order valence-electron chi connectivity index (χ1n) is 9.77. The van der Waals surface area contributed by atoms with E-state index in [9.17, 15) is 9.59 Å². The highest BCUT2D eigenvalue weighted by molar-refractivity contribution is 6.30. The van der Waals surface area contributed by atoms with Gasteiger partial charge < -0.3 is 19.9 Å². The van der Waals surface area contributed by atoms with Gasteiger partial charge in [-0.2, -0.15) is 0 Å². The molecule has 0 aliphatic carbocycles. The number of aromatic nitrogens is 1. The molecule has 3 rings (SSSR count). The quantitative estimate of drug-likeness (QED) is 0.742. The summed E-state index contributed by atoms with van der Waals surface area (Å²) < 4.78 is 11.3. The predicted molar refractivity (Wildman–Crippen MR) is 109 cm³/mol. The number of halogens is 1. The summed E-state index contributed by atoms with van der Waals surface area (Å²) >= 11 is 6.03. The van der Waals surface area contributed by atoms with Crippen LogP contribution in [0.1, 0.15) is 42.9 Å². The van der Waals surface area contributed by atoms with Crippen molar-refractivity contribution in [2.75, 3.05) is 13.1 Å². The first-order valence-corrected chi connectivity index (χ1v) is 10.1. The molecule has 29 heavy (non-hydrogen) atoms. The van der Waals surface area contributed by atoms with Crippen LogP contribution in [0.3, 0.4) is 0 Å². The van der Waals surface area contributed by atoms with E-state index in [4.69, 9.17) is 26.6 Å². The van der Waals surface area contributed by atoms with Gasteiger partial charge in [-0.05, 0) is 30.5 Å². The van der Waals surface area contributed by atoms with Crippen molar-refractivity contribution in [1.29, 1.82) is 0 Å². The number of piperidine rings is 1. The first kappa shape index (κ1) is 21.2. The van der Waals surface area contributed by atoms with Crippen LogP contribution in [0, 0.1) is 11.8 Å². The second-order valence-electron chi connectivity index (χ2n) is 7.86. The Hall–Kier alpha value is -2.54. The molecule has 0 saturated carbocycles. The number of nitrogens with zero attached hydrogens (tertiary/aromatic N) is 2. The molecule has 0 radical (unpaired) electrons. The molecular formula is C21H26ClN3O4. The first-order chi connectivity index (χ1) is 13.8. The van der Waals surface area contributed by atoms with Crippen LogP contribution in [-0.4, -0.2) is 41.1 Å². The van der Waals surface area contributed by atoms with Gasteiger partial charge in [-0.25, -0.2) is 0 Å². The summed E-state index contributed by atoms with van der Waals surface area (Å²) in [6, 6.07) is 8.81. The molecule has 0 unspecified atom stereocenters. The molecule has 1 aliphatic heterocycles. The average Bonchev–Trinajstić information content (AvgIpc) is 3.10. The second kappa shape index (κ2) is 9.31. The fourth-order valence-electron chi connectivity index (χ4n) is 3.60. The summed E-state index contributed by atoms with van der Waals surface area (Å²) in [5.74, 6) is 0.383. The number of carbonyl (C=O) groups is 2. The standard InChI is InChI=1S/C21H26ClN3O4/c1-13(2)8-16-11-19(29-24-16)21(27)25-7-6-18(14(12-25)9-20(23)26)28-17-5-3-4-15(22)10-17/h3-5,10-11,13-14,18H,6-9,12H2,1-2H3,(H2,23,26)/t14-,18-/m0/s1. The Morgan fingerprint density at radius 3 is 2.86 bits per heavy atom.